The van der Waals surface area contributed by atoms with Crippen molar-refractivity contribution in [3.8, 4) is 5.75 Å². The summed E-state index contributed by atoms with van der Waals surface area (Å²) in [6.45, 7) is 1.60. The average Bonchev–Trinajstić information content (AvgIpc) is 2.73. The van der Waals surface area contributed by atoms with Crippen molar-refractivity contribution in [2.75, 3.05) is 10.6 Å². The quantitative estimate of drug-likeness (QED) is 0.383. The highest BCUT2D eigenvalue weighted by Crippen LogP contribution is 2.29. The Morgan fingerprint density at radius 1 is 1.00 bits per heavy atom. The molecule has 5 nitrogen and oxygen atoms in total. The molecule has 0 radical (unpaired) electrons. The second-order valence-electron chi connectivity index (χ2n) is 6.49. The average molecular weight is 526 g/mol. The Labute approximate surface area is 196 Å². The van der Waals surface area contributed by atoms with Gasteiger partial charge in [-0.2, -0.15) is 0 Å². The summed E-state index contributed by atoms with van der Waals surface area (Å²) in [4.78, 5) is 25.0. The molecule has 1 unspecified atom stereocenters. The SMILES string of the molecule is CC(Oc1ccc(Cl)cc1Br)C(=O)Nc1cccc(C(=O)Nc2ccc(F)c(Cl)c2)c1. The van der Waals surface area contributed by atoms with E-state index in [2.05, 4.69) is 26.6 Å². The second-order valence-corrected chi connectivity index (χ2v) is 8.19. The second kappa shape index (κ2) is 10.1. The molecule has 0 bridgehead atoms. The van der Waals surface area contributed by atoms with Gasteiger partial charge in [-0.3, -0.25) is 9.59 Å². The summed E-state index contributed by atoms with van der Waals surface area (Å²) in [5.74, 6) is -0.942. The minimum absolute atomic E-state index is 0.0971. The first kappa shape index (κ1) is 23.1. The first-order valence-electron chi connectivity index (χ1n) is 9.02. The molecular weight excluding hydrogens is 510 g/mol. The zero-order valence-corrected chi connectivity index (χ0v) is 19.2. The largest absolute Gasteiger partial charge is 0.480 e. The van der Waals surface area contributed by atoms with Crippen LogP contribution in [0.4, 0.5) is 15.8 Å². The molecule has 9 heteroatoms. The van der Waals surface area contributed by atoms with Crippen LogP contribution in [0.5, 0.6) is 5.75 Å². The summed E-state index contributed by atoms with van der Waals surface area (Å²) in [5, 5.41) is 5.78. The Kier molecular flexibility index (Phi) is 7.54. The summed E-state index contributed by atoms with van der Waals surface area (Å²) in [5.41, 5.74) is 1.06. The minimum atomic E-state index is -0.809. The van der Waals surface area contributed by atoms with Crippen LogP contribution >= 0.6 is 39.1 Å². The van der Waals surface area contributed by atoms with Gasteiger partial charge in [0.15, 0.2) is 6.10 Å². The van der Waals surface area contributed by atoms with Crippen molar-refractivity contribution in [3.05, 3.63) is 86.6 Å². The summed E-state index contributed by atoms with van der Waals surface area (Å²) >= 11 is 15.0. The van der Waals surface area contributed by atoms with Gasteiger partial charge in [0.05, 0.1) is 9.50 Å². The van der Waals surface area contributed by atoms with Crippen molar-refractivity contribution >= 4 is 62.3 Å². The molecule has 0 aliphatic heterocycles. The smallest absolute Gasteiger partial charge is 0.265 e. The first-order chi connectivity index (χ1) is 14.7. The zero-order chi connectivity index (χ0) is 22.5. The number of hydrogen-bond acceptors (Lipinski definition) is 3. The third-order valence-electron chi connectivity index (χ3n) is 4.14. The number of rotatable bonds is 6. The normalized spacial score (nSPS) is 11.5. The molecule has 3 aromatic rings. The van der Waals surface area contributed by atoms with Gasteiger partial charge < -0.3 is 15.4 Å². The van der Waals surface area contributed by atoms with Gasteiger partial charge in [-0.1, -0.05) is 29.3 Å². The number of hydrogen-bond donors (Lipinski definition) is 2. The predicted molar refractivity (Wildman–Crippen MR) is 124 cm³/mol. The molecule has 0 aromatic heterocycles. The van der Waals surface area contributed by atoms with Crippen LogP contribution < -0.4 is 15.4 Å². The lowest BCUT2D eigenvalue weighted by Crippen LogP contribution is -2.30. The van der Waals surface area contributed by atoms with Crippen LogP contribution in [-0.2, 0) is 4.79 Å². The van der Waals surface area contributed by atoms with E-state index in [1.165, 1.54) is 18.2 Å². The standard InChI is InChI=1S/C22H16BrCl2FN2O3/c1-12(31-20-8-5-14(24)10-17(20)23)21(29)27-15-4-2-3-13(9-15)22(30)28-16-6-7-19(26)18(25)11-16/h2-12H,1H3,(H,27,29)(H,28,30). The molecule has 160 valence electrons. The maximum Gasteiger partial charge on any atom is 0.265 e. The zero-order valence-electron chi connectivity index (χ0n) is 16.1. The van der Waals surface area contributed by atoms with Crippen molar-refractivity contribution in [2.24, 2.45) is 0 Å². The highest BCUT2D eigenvalue weighted by molar-refractivity contribution is 9.10. The van der Waals surface area contributed by atoms with Crippen molar-refractivity contribution in [2.45, 2.75) is 13.0 Å². The van der Waals surface area contributed by atoms with Crippen LogP contribution in [0.15, 0.2) is 65.1 Å². The molecule has 3 aromatic carbocycles. The van der Waals surface area contributed by atoms with Crippen molar-refractivity contribution in [3.63, 3.8) is 0 Å². The fourth-order valence-electron chi connectivity index (χ4n) is 2.57. The number of halogens is 4. The Morgan fingerprint density at radius 2 is 1.74 bits per heavy atom. The third-order valence-corrected chi connectivity index (χ3v) is 5.28. The highest BCUT2D eigenvalue weighted by Gasteiger charge is 2.17. The molecule has 2 N–H and O–H groups in total. The molecule has 0 heterocycles. The van der Waals surface area contributed by atoms with Crippen molar-refractivity contribution < 1.29 is 18.7 Å². The van der Waals surface area contributed by atoms with E-state index >= 15 is 0 Å². The topological polar surface area (TPSA) is 67.4 Å². The van der Waals surface area contributed by atoms with Gasteiger partial charge in [0.25, 0.3) is 11.8 Å². The van der Waals surface area contributed by atoms with E-state index < -0.39 is 23.7 Å². The number of benzene rings is 3. The van der Waals surface area contributed by atoms with E-state index in [4.69, 9.17) is 27.9 Å². The Morgan fingerprint density at radius 3 is 2.45 bits per heavy atom. The molecule has 31 heavy (non-hydrogen) atoms. The molecule has 0 saturated carbocycles. The Balaban J connectivity index is 1.65. The molecule has 0 fully saturated rings. The van der Waals surface area contributed by atoms with E-state index in [1.54, 1.807) is 43.3 Å². The van der Waals surface area contributed by atoms with Gasteiger partial charge in [0.1, 0.15) is 11.6 Å². The predicted octanol–water partition coefficient (Wildman–Crippen LogP) is 6.55. The number of nitrogens with one attached hydrogen (secondary N) is 2. The van der Waals surface area contributed by atoms with Crippen LogP contribution in [0.3, 0.4) is 0 Å². The number of ether oxygens (including phenoxy) is 1. The molecule has 2 amide bonds. The van der Waals surface area contributed by atoms with Crippen LogP contribution in [0.25, 0.3) is 0 Å². The van der Waals surface area contributed by atoms with Crippen molar-refractivity contribution in [1.82, 2.24) is 0 Å². The monoisotopic (exact) mass is 524 g/mol. The summed E-state index contributed by atoms with van der Waals surface area (Å²) in [7, 11) is 0. The molecule has 3 rings (SSSR count). The Hall–Kier alpha value is -2.61. The van der Waals surface area contributed by atoms with Gasteiger partial charge in [-0.25, -0.2) is 4.39 Å². The van der Waals surface area contributed by atoms with Crippen molar-refractivity contribution in [1.29, 1.82) is 0 Å². The lowest BCUT2D eigenvalue weighted by Gasteiger charge is -2.16. The van der Waals surface area contributed by atoms with Crippen LogP contribution in [0, 0.1) is 5.82 Å². The van der Waals surface area contributed by atoms with E-state index in [0.717, 1.165) is 6.07 Å². The molecule has 0 spiro atoms. The van der Waals surface area contributed by atoms with Gasteiger partial charge in [-0.15, -0.1) is 0 Å². The van der Waals surface area contributed by atoms with Crippen LogP contribution in [0.2, 0.25) is 10.0 Å². The van der Waals surface area contributed by atoms with Gasteiger partial charge in [0, 0.05) is 22.0 Å². The molecular formula is C22H16BrCl2FN2O3. The molecule has 1 atom stereocenters. The maximum atomic E-state index is 13.3. The highest BCUT2D eigenvalue weighted by atomic mass is 79.9. The van der Waals surface area contributed by atoms with E-state index in [0.29, 0.717) is 32.2 Å². The van der Waals surface area contributed by atoms with Crippen LogP contribution in [0.1, 0.15) is 17.3 Å². The third kappa shape index (κ3) is 6.19. The van der Waals surface area contributed by atoms with Crippen LogP contribution in [-0.4, -0.2) is 17.9 Å². The molecule has 0 aliphatic rings. The van der Waals surface area contributed by atoms with E-state index in [1.807, 2.05) is 0 Å². The van der Waals surface area contributed by atoms with Gasteiger partial charge >= 0.3 is 0 Å². The molecule has 0 saturated heterocycles. The number of anilines is 2. The first-order valence-corrected chi connectivity index (χ1v) is 10.6. The lowest BCUT2D eigenvalue weighted by atomic mass is 10.1. The van der Waals surface area contributed by atoms with Gasteiger partial charge in [0.2, 0.25) is 0 Å². The maximum absolute atomic E-state index is 13.3. The van der Waals surface area contributed by atoms with E-state index in [-0.39, 0.29) is 5.02 Å². The Bertz CT molecular complexity index is 1140. The number of carbonyl (C=O) groups is 2. The summed E-state index contributed by atoms with van der Waals surface area (Å²) in [6.07, 6.45) is -0.809. The van der Waals surface area contributed by atoms with Gasteiger partial charge in [-0.05, 0) is 77.5 Å². The fraction of sp³-hybridized carbons (Fsp3) is 0.0909. The minimum Gasteiger partial charge on any atom is -0.480 e. The summed E-state index contributed by atoms with van der Waals surface area (Å²) in [6, 6.07) is 15.2. The van der Waals surface area contributed by atoms with E-state index in [9.17, 15) is 14.0 Å². The fourth-order valence-corrected chi connectivity index (χ4v) is 3.53. The molecule has 0 aliphatic carbocycles. The lowest BCUT2D eigenvalue weighted by molar-refractivity contribution is -0.122. The summed E-state index contributed by atoms with van der Waals surface area (Å²) < 4.78 is 19.6. The number of carbonyl (C=O) groups excluding carboxylic acids is 2. The number of amides is 2.